The Kier molecular flexibility index (Phi) is 8.95. The first-order valence-electron chi connectivity index (χ1n) is 17.1. The Bertz CT molecular complexity index is 2380. The molecule has 4 nitrogen and oxygen atoms in total. The number of benzene rings is 4. The van der Waals surface area contributed by atoms with Gasteiger partial charge in [-0.05, 0) is 131 Å². The molecule has 0 saturated carbocycles. The number of hydrogen-bond donors (Lipinski definition) is 0. The summed E-state index contributed by atoms with van der Waals surface area (Å²) in [4.78, 5) is 0. The maximum Gasteiger partial charge on any atom is 0.0746 e. The first kappa shape index (κ1) is 32.4. The number of hydrogen-bond acceptors (Lipinski definition) is 2. The van der Waals surface area contributed by atoms with Crippen molar-refractivity contribution in [3.05, 3.63) is 166 Å². The lowest BCUT2D eigenvalue weighted by Crippen LogP contribution is -2.06. The molecule has 7 rings (SSSR count). The molecule has 0 saturated heterocycles. The summed E-state index contributed by atoms with van der Waals surface area (Å²) in [5.41, 5.74) is 17.2. The minimum atomic E-state index is 0.142. The molecule has 0 spiro atoms. The molecule has 244 valence electrons. The molecular weight excluding hydrogens is 609 g/mol. The molecule has 0 amide bonds. The van der Waals surface area contributed by atoms with Gasteiger partial charge in [0.2, 0.25) is 0 Å². The van der Waals surface area contributed by atoms with Gasteiger partial charge in [-0.3, -0.25) is 0 Å². The second kappa shape index (κ2) is 13.8. The van der Waals surface area contributed by atoms with Crippen molar-refractivity contribution in [2.24, 2.45) is 5.92 Å². The van der Waals surface area contributed by atoms with Gasteiger partial charge < -0.3 is 0 Å². The third kappa shape index (κ3) is 6.75. The number of allylic oxidation sites excluding steroid dienone is 4. The molecule has 1 aliphatic carbocycles. The third-order valence-corrected chi connectivity index (χ3v) is 9.20. The van der Waals surface area contributed by atoms with Crippen molar-refractivity contribution in [1.82, 2.24) is 19.6 Å². The van der Waals surface area contributed by atoms with Crippen LogP contribution in [-0.2, 0) is 0 Å². The van der Waals surface area contributed by atoms with Crippen molar-refractivity contribution in [1.29, 1.82) is 0 Å². The second-order valence-corrected chi connectivity index (χ2v) is 13.3. The number of aromatic nitrogens is 4. The highest BCUT2D eigenvalue weighted by Gasteiger charge is 2.16. The van der Waals surface area contributed by atoms with Gasteiger partial charge in [-0.2, -0.15) is 10.2 Å². The van der Waals surface area contributed by atoms with E-state index < -0.39 is 0 Å². The predicted molar refractivity (Wildman–Crippen MR) is 206 cm³/mol. The molecule has 0 radical (unpaired) electrons. The average molecular weight is 649 g/mol. The lowest BCUT2D eigenvalue weighted by Gasteiger charge is -2.17. The van der Waals surface area contributed by atoms with Crippen molar-refractivity contribution in [2.45, 2.75) is 48.0 Å². The maximum absolute atomic E-state index is 4.67. The quantitative estimate of drug-likeness (QED) is 0.178. The summed E-state index contributed by atoms with van der Waals surface area (Å²) >= 11 is 0. The summed E-state index contributed by atoms with van der Waals surface area (Å²) in [6.07, 6.45) is 11.1. The van der Waals surface area contributed by atoms with Crippen LogP contribution in [-0.4, -0.2) is 19.6 Å². The lowest BCUT2D eigenvalue weighted by atomic mass is 9.96. The van der Waals surface area contributed by atoms with Crippen molar-refractivity contribution in [3.63, 3.8) is 0 Å². The molecule has 1 atom stereocenters. The van der Waals surface area contributed by atoms with Crippen LogP contribution in [0.4, 0.5) is 0 Å². The van der Waals surface area contributed by atoms with Gasteiger partial charge in [-0.1, -0.05) is 77.3 Å². The third-order valence-electron chi connectivity index (χ3n) is 9.20. The van der Waals surface area contributed by atoms with E-state index in [4.69, 9.17) is 0 Å². The van der Waals surface area contributed by atoms with E-state index in [1.807, 2.05) is 40.0 Å². The van der Waals surface area contributed by atoms with Crippen LogP contribution in [0.2, 0.25) is 0 Å². The molecule has 0 bridgehead atoms. The Morgan fingerprint density at radius 2 is 1.12 bits per heavy atom. The minimum absolute atomic E-state index is 0.142. The highest BCUT2D eigenvalue weighted by Crippen LogP contribution is 2.32. The molecule has 4 heteroatoms. The Labute approximate surface area is 295 Å². The largest absolute Gasteiger partial charge is 0.233 e. The van der Waals surface area contributed by atoms with Gasteiger partial charge in [0.15, 0.2) is 0 Å². The smallest absolute Gasteiger partial charge is 0.0746 e. The van der Waals surface area contributed by atoms with Crippen LogP contribution < -0.4 is 0 Å². The number of aryl methyl sites for hydroxylation is 6. The van der Waals surface area contributed by atoms with Crippen molar-refractivity contribution in [2.75, 3.05) is 0 Å². The normalized spacial score (nSPS) is 13.6. The topological polar surface area (TPSA) is 35.6 Å². The Morgan fingerprint density at radius 3 is 1.70 bits per heavy atom. The Hall–Kier alpha value is -6.10. The molecular formula is C46H40N4. The van der Waals surface area contributed by atoms with Gasteiger partial charge in [-0.15, -0.1) is 0 Å². The predicted octanol–water partition coefficient (Wildman–Crippen LogP) is 10.1. The molecule has 4 aromatic carbocycles. The van der Waals surface area contributed by atoms with E-state index >= 15 is 0 Å². The summed E-state index contributed by atoms with van der Waals surface area (Å²) < 4.78 is 4.05. The minimum Gasteiger partial charge on any atom is -0.233 e. The zero-order valence-electron chi connectivity index (χ0n) is 29.5. The molecule has 50 heavy (non-hydrogen) atoms. The van der Waals surface area contributed by atoms with Gasteiger partial charge in [0.25, 0.3) is 0 Å². The highest BCUT2D eigenvalue weighted by molar-refractivity contribution is 5.74. The molecule has 2 heterocycles. The molecule has 0 N–H and O–H groups in total. The average Bonchev–Trinajstić information content (AvgIpc) is 3.77. The summed E-state index contributed by atoms with van der Waals surface area (Å²) in [6.45, 7) is 13.0. The Morgan fingerprint density at radius 1 is 0.580 bits per heavy atom. The zero-order valence-corrected chi connectivity index (χ0v) is 29.5. The first-order valence-corrected chi connectivity index (χ1v) is 17.1. The van der Waals surface area contributed by atoms with Crippen LogP contribution in [0.1, 0.15) is 56.5 Å². The van der Waals surface area contributed by atoms with Crippen molar-refractivity contribution < 1.29 is 0 Å². The standard InChI is InChI=1S/C46H40N4/c1-31-26-33(3)45(34(4)27-31)43-22-24-47-49(43)41-18-14-37(15-19-41)10-12-39-8-7-9-40(30-39)13-11-38-16-20-42(21-17-38)50-44(23-25-48-50)46-35(5)28-32(2)29-36(46)6/h7-9,14-16,18-30,38H,17H2,1-6H3. The molecule has 2 aromatic heterocycles. The molecule has 1 unspecified atom stereocenters. The van der Waals surface area contributed by atoms with Gasteiger partial charge in [0.1, 0.15) is 0 Å². The molecule has 0 fully saturated rings. The lowest BCUT2D eigenvalue weighted by molar-refractivity contribution is 0.826. The number of rotatable bonds is 4. The van der Waals surface area contributed by atoms with Crippen LogP contribution in [0.3, 0.4) is 0 Å². The van der Waals surface area contributed by atoms with Crippen molar-refractivity contribution in [3.8, 4) is 51.9 Å². The highest BCUT2D eigenvalue weighted by atomic mass is 15.3. The van der Waals surface area contributed by atoms with Gasteiger partial charge >= 0.3 is 0 Å². The molecule has 0 aliphatic heterocycles. The van der Waals surface area contributed by atoms with E-state index in [9.17, 15) is 0 Å². The summed E-state index contributed by atoms with van der Waals surface area (Å²) in [5.74, 6) is 13.6. The van der Waals surface area contributed by atoms with E-state index in [1.54, 1.807) is 0 Å². The first-order chi connectivity index (χ1) is 24.2. The van der Waals surface area contributed by atoms with Crippen LogP contribution >= 0.6 is 0 Å². The monoisotopic (exact) mass is 648 g/mol. The van der Waals surface area contributed by atoms with E-state index in [2.05, 4.69) is 160 Å². The van der Waals surface area contributed by atoms with E-state index in [1.165, 1.54) is 44.5 Å². The fraction of sp³-hybridized carbons (Fsp3) is 0.174. The number of nitrogens with zero attached hydrogens (tertiary/aromatic N) is 4. The SMILES string of the molecule is Cc1cc(C)c(-c2ccnn2C2=CCC(C#Cc3cccc(C#Cc4ccc(-n5nccc5-c5c(C)cc(C)cc5C)cc4)c3)C=C2)c(C)c1. The van der Waals surface area contributed by atoms with E-state index in [0.29, 0.717) is 0 Å². The second-order valence-electron chi connectivity index (χ2n) is 13.3. The molecule has 6 aromatic rings. The van der Waals surface area contributed by atoms with Crippen LogP contribution in [0.25, 0.3) is 33.9 Å². The molecule has 1 aliphatic rings. The Balaban J connectivity index is 1.03. The maximum atomic E-state index is 4.67. The summed E-state index contributed by atoms with van der Waals surface area (Å²) in [5, 5.41) is 9.32. The zero-order chi connectivity index (χ0) is 34.8. The van der Waals surface area contributed by atoms with Crippen LogP contribution in [0.15, 0.2) is 116 Å². The summed E-state index contributed by atoms with van der Waals surface area (Å²) in [6, 6.07) is 29.5. The van der Waals surface area contributed by atoms with Crippen molar-refractivity contribution >= 4 is 5.70 Å². The fourth-order valence-electron chi connectivity index (χ4n) is 7.12. The van der Waals surface area contributed by atoms with Gasteiger partial charge in [0.05, 0.1) is 35.2 Å². The van der Waals surface area contributed by atoms with Crippen LogP contribution in [0.5, 0.6) is 0 Å². The van der Waals surface area contributed by atoms with E-state index in [-0.39, 0.29) is 5.92 Å². The van der Waals surface area contributed by atoms with Crippen LogP contribution in [0, 0.1) is 71.1 Å². The summed E-state index contributed by atoms with van der Waals surface area (Å²) in [7, 11) is 0. The van der Waals surface area contributed by atoms with Gasteiger partial charge in [0, 0.05) is 33.7 Å². The van der Waals surface area contributed by atoms with E-state index in [0.717, 1.165) is 45.9 Å². The van der Waals surface area contributed by atoms with Gasteiger partial charge in [-0.25, -0.2) is 9.36 Å². The fourth-order valence-corrected chi connectivity index (χ4v) is 7.12.